The predicted molar refractivity (Wildman–Crippen MR) is 198 cm³/mol. The molecule has 0 amide bonds. The van der Waals surface area contributed by atoms with Gasteiger partial charge in [0.1, 0.15) is 0 Å². The first-order valence-electron chi connectivity index (χ1n) is 16.4. The van der Waals surface area contributed by atoms with Crippen LogP contribution in [0.15, 0.2) is 158 Å². The molecule has 50 heavy (non-hydrogen) atoms. The fourth-order valence-electron chi connectivity index (χ4n) is 7.06. The van der Waals surface area contributed by atoms with Gasteiger partial charge in [0.2, 0.25) is 0 Å². The highest BCUT2D eigenvalue weighted by atomic mass is 16.6. The molecule has 1 aliphatic rings. The molecular weight excluding hydrogens is 617 g/mol. The van der Waals surface area contributed by atoms with Crippen LogP contribution in [0.3, 0.4) is 0 Å². The van der Waals surface area contributed by atoms with E-state index in [4.69, 9.17) is 14.5 Å². The van der Waals surface area contributed by atoms with Gasteiger partial charge in [-0.25, -0.2) is 9.97 Å². The number of aromatic nitrogens is 4. The molecule has 6 aromatic carbocycles. The Hall–Kier alpha value is -6.92. The molecule has 0 fully saturated rings. The SMILES string of the molecule is c1cncc(-c2cc(-c3cccnc3)cc(-c3c4ccccc4c(-c4ccc5c(c4)Oc4nc6ccccc6nc4O5)c4ccccc34)c2)c1. The largest absolute Gasteiger partial charge is 0.431 e. The first-order valence-corrected chi connectivity index (χ1v) is 16.4. The summed E-state index contributed by atoms with van der Waals surface area (Å²) in [6.07, 6.45) is 7.45. The highest BCUT2D eigenvalue weighted by Gasteiger charge is 2.24. The molecule has 6 nitrogen and oxygen atoms in total. The Balaban J connectivity index is 1.19. The third-order valence-corrected chi connectivity index (χ3v) is 9.30. The minimum Gasteiger partial charge on any atom is -0.431 e. The van der Waals surface area contributed by atoms with E-state index in [-0.39, 0.29) is 0 Å². The van der Waals surface area contributed by atoms with Gasteiger partial charge in [0.25, 0.3) is 11.8 Å². The molecular formula is C44H26N4O2. The lowest BCUT2D eigenvalue weighted by atomic mass is 9.84. The fraction of sp³-hybridized carbons (Fsp3) is 0. The molecule has 0 saturated heterocycles. The maximum Gasteiger partial charge on any atom is 0.284 e. The van der Waals surface area contributed by atoms with Gasteiger partial charge in [-0.05, 0) is 110 Å². The summed E-state index contributed by atoms with van der Waals surface area (Å²) in [4.78, 5) is 18.2. The molecule has 4 heterocycles. The van der Waals surface area contributed by atoms with Crippen molar-refractivity contribution in [1.82, 2.24) is 19.9 Å². The number of hydrogen-bond acceptors (Lipinski definition) is 6. The lowest BCUT2D eigenvalue weighted by molar-refractivity contribution is 0.339. The minimum absolute atomic E-state index is 0.358. The quantitative estimate of drug-likeness (QED) is 0.178. The normalized spacial score (nSPS) is 11.9. The van der Waals surface area contributed by atoms with E-state index in [0.717, 1.165) is 71.5 Å². The van der Waals surface area contributed by atoms with Crippen LogP contribution in [-0.4, -0.2) is 19.9 Å². The van der Waals surface area contributed by atoms with Gasteiger partial charge in [-0.15, -0.1) is 0 Å². The van der Waals surface area contributed by atoms with E-state index in [2.05, 4.69) is 99.9 Å². The van der Waals surface area contributed by atoms with E-state index in [1.165, 1.54) is 5.56 Å². The molecule has 0 saturated carbocycles. The van der Waals surface area contributed by atoms with Crippen molar-refractivity contribution in [3.63, 3.8) is 0 Å². The zero-order chi connectivity index (χ0) is 33.0. The summed E-state index contributed by atoms with van der Waals surface area (Å²) in [6, 6.07) is 46.0. The van der Waals surface area contributed by atoms with Crippen LogP contribution in [0.1, 0.15) is 0 Å². The fourth-order valence-corrected chi connectivity index (χ4v) is 7.06. The average Bonchev–Trinajstić information content (AvgIpc) is 3.18. The number of rotatable bonds is 4. The van der Waals surface area contributed by atoms with Gasteiger partial charge in [-0.1, -0.05) is 78.9 Å². The standard InChI is InChI=1S/C44H26N4O2/c1-3-13-35-33(11-1)41(27-17-18-39-40(24-27)50-44-43(49-39)47-37-15-5-6-16-38(37)48-44)34-12-2-4-14-36(34)42(35)32-22-30(28-9-7-19-45-25-28)21-31(23-32)29-10-8-20-46-26-29/h1-26H. The van der Waals surface area contributed by atoms with E-state index in [1.807, 2.05) is 60.9 Å². The Bertz CT molecular complexity index is 2650. The highest BCUT2D eigenvalue weighted by Crippen LogP contribution is 2.49. The van der Waals surface area contributed by atoms with Crippen molar-refractivity contribution in [2.75, 3.05) is 0 Å². The summed E-state index contributed by atoms with van der Waals surface area (Å²) in [6.45, 7) is 0. The van der Waals surface area contributed by atoms with Gasteiger partial charge in [0.05, 0.1) is 11.0 Å². The third kappa shape index (κ3) is 4.65. The smallest absolute Gasteiger partial charge is 0.284 e. The second-order valence-electron chi connectivity index (χ2n) is 12.3. The van der Waals surface area contributed by atoms with Crippen LogP contribution in [-0.2, 0) is 0 Å². The van der Waals surface area contributed by atoms with Gasteiger partial charge < -0.3 is 9.47 Å². The number of hydrogen-bond donors (Lipinski definition) is 0. The number of para-hydroxylation sites is 2. The van der Waals surface area contributed by atoms with Gasteiger partial charge in [-0.2, -0.15) is 0 Å². The summed E-state index contributed by atoms with van der Waals surface area (Å²) in [7, 11) is 0. The maximum absolute atomic E-state index is 6.37. The Morgan fingerprint density at radius 1 is 0.360 bits per heavy atom. The van der Waals surface area contributed by atoms with Crippen molar-refractivity contribution in [2.24, 2.45) is 0 Å². The van der Waals surface area contributed by atoms with Gasteiger partial charge in [-0.3, -0.25) is 9.97 Å². The monoisotopic (exact) mass is 642 g/mol. The molecule has 0 N–H and O–H groups in total. The lowest BCUT2D eigenvalue weighted by Gasteiger charge is -2.21. The number of pyridine rings is 2. The molecule has 9 aromatic rings. The van der Waals surface area contributed by atoms with Crippen molar-refractivity contribution in [1.29, 1.82) is 0 Å². The molecule has 0 atom stereocenters. The molecule has 0 bridgehead atoms. The van der Waals surface area contributed by atoms with E-state index >= 15 is 0 Å². The minimum atomic E-state index is 0.358. The van der Waals surface area contributed by atoms with Crippen molar-refractivity contribution in [3.05, 3.63) is 158 Å². The number of ether oxygens (including phenoxy) is 2. The predicted octanol–water partition coefficient (Wildman–Crippen LogP) is 11.3. The highest BCUT2D eigenvalue weighted by molar-refractivity contribution is 6.21. The van der Waals surface area contributed by atoms with E-state index in [0.29, 0.717) is 23.3 Å². The van der Waals surface area contributed by atoms with Crippen molar-refractivity contribution in [3.8, 4) is 67.8 Å². The second-order valence-corrected chi connectivity index (χ2v) is 12.3. The van der Waals surface area contributed by atoms with Crippen LogP contribution < -0.4 is 9.47 Å². The number of fused-ring (bicyclic) bond motifs is 5. The molecule has 6 heteroatoms. The van der Waals surface area contributed by atoms with Crippen LogP contribution in [0.2, 0.25) is 0 Å². The average molecular weight is 643 g/mol. The van der Waals surface area contributed by atoms with Crippen molar-refractivity contribution < 1.29 is 9.47 Å². The van der Waals surface area contributed by atoms with Gasteiger partial charge in [0, 0.05) is 35.9 Å². The van der Waals surface area contributed by atoms with E-state index in [9.17, 15) is 0 Å². The summed E-state index contributed by atoms with van der Waals surface area (Å²) in [5.74, 6) is 1.92. The Morgan fingerprint density at radius 3 is 1.36 bits per heavy atom. The molecule has 10 rings (SSSR count). The van der Waals surface area contributed by atoms with Crippen LogP contribution in [0.5, 0.6) is 23.3 Å². The summed E-state index contributed by atoms with van der Waals surface area (Å²) in [5, 5.41) is 4.58. The summed E-state index contributed by atoms with van der Waals surface area (Å²) >= 11 is 0. The first kappa shape index (κ1) is 28.1. The molecule has 0 radical (unpaired) electrons. The molecule has 234 valence electrons. The lowest BCUT2D eigenvalue weighted by Crippen LogP contribution is -2.03. The first-order chi connectivity index (χ1) is 24.8. The van der Waals surface area contributed by atoms with Crippen LogP contribution in [0.25, 0.3) is 77.1 Å². The molecule has 3 aromatic heterocycles. The van der Waals surface area contributed by atoms with Crippen molar-refractivity contribution >= 4 is 32.6 Å². The summed E-state index contributed by atoms with van der Waals surface area (Å²) < 4.78 is 12.6. The topological polar surface area (TPSA) is 70.0 Å². The molecule has 1 aliphatic heterocycles. The van der Waals surface area contributed by atoms with E-state index < -0.39 is 0 Å². The van der Waals surface area contributed by atoms with Crippen molar-refractivity contribution in [2.45, 2.75) is 0 Å². The Morgan fingerprint density at radius 2 is 0.840 bits per heavy atom. The van der Waals surface area contributed by atoms with E-state index in [1.54, 1.807) is 12.4 Å². The molecule has 0 spiro atoms. The van der Waals surface area contributed by atoms with Gasteiger partial charge in [0.15, 0.2) is 11.5 Å². The number of benzene rings is 6. The molecule has 0 unspecified atom stereocenters. The van der Waals surface area contributed by atoms with Gasteiger partial charge >= 0.3 is 0 Å². The Labute approximate surface area is 287 Å². The number of nitrogens with zero attached hydrogens (tertiary/aromatic N) is 4. The Kier molecular flexibility index (Phi) is 6.39. The second kappa shape index (κ2) is 11.4. The van der Waals surface area contributed by atoms with Crippen LogP contribution in [0, 0.1) is 0 Å². The zero-order valence-electron chi connectivity index (χ0n) is 26.6. The maximum atomic E-state index is 6.37. The van der Waals surface area contributed by atoms with Crippen LogP contribution >= 0.6 is 0 Å². The molecule has 0 aliphatic carbocycles. The third-order valence-electron chi connectivity index (χ3n) is 9.30. The van der Waals surface area contributed by atoms with Crippen LogP contribution in [0.4, 0.5) is 0 Å². The zero-order valence-corrected chi connectivity index (χ0v) is 26.6. The summed E-state index contributed by atoms with van der Waals surface area (Å²) in [5.41, 5.74) is 10.2.